The van der Waals surface area contributed by atoms with Crippen LogP contribution in [-0.4, -0.2) is 39.0 Å². The van der Waals surface area contributed by atoms with Crippen molar-refractivity contribution in [3.05, 3.63) is 65.8 Å². The molecule has 138 valence electrons. The van der Waals surface area contributed by atoms with Gasteiger partial charge >= 0.3 is 6.03 Å². The summed E-state index contributed by atoms with van der Waals surface area (Å²) in [5.41, 5.74) is 2.57. The standard InChI is InChI=1S/C20H20ClN5O/c21-16-6-4-5-15(13-16)19-14-26(24-23-19)18-9-11-25(12-10-18)20(27)22-17-7-2-1-3-8-17/h1-8,13-14,18H,9-12H2,(H,22,27). The smallest absolute Gasteiger partial charge is 0.321 e. The van der Waals surface area contributed by atoms with Crippen LogP contribution in [0.2, 0.25) is 5.02 Å². The molecule has 1 aromatic heterocycles. The van der Waals surface area contributed by atoms with Gasteiger partial charge in [-0.15, -0.1) is 5.10 Å². The Morgan fingerprint density at radius 1 is 1.07 bits per heavy atom. The summed E-state index contributed by atoms with van der Waals surface area (Å²) in [5.74, 6) is 0. The summed E-state index contributed by atoms with van der Waals surface area (Å²) in [6.45, 7) is 1.38. The Labute approximate surface area is 162 Å². The third kappa shape index (κ3) is 4.11. The molecular weight excluding hydrogens is 362 g/mol. The zero-order chi connectivity index (χ0) is 18.6. The first kappa shape index (κ1) is 17.5. The van der Waals surface area contributed by atoms with Crippen LogP contribution in [0.15, 0.2) is 60.8 Å². The number of halogens is 1. The molecule has 1 fully saturated rings. The van der Waals surface area contributed by atoms with E-state index in [2.05, 4.69) is 15.6 Å². The molecule has 0 radical (unpaired) electrons. The van der Waals surface area contributed by atoms with Gasteiger partial charge in [-0.3, -0.25) is 0 Å². The lowest BCUT2D eigenvalue weighted by Crippen LogP contribution is -2.41. The van der Waals surface area contributed by atoms with Crippen LogP contribution in [0.1, 0.15) is 18.9 Å². The van der Waals surface area contributed by atoms with E-state index in [1.54, 1.807) is 0 Å². The fourth-order valence-corrected chi connectivity index (χ4v) is 3.48. The lowest BCUT2D eigenvalue weighted by atomic mass is 10.1. The molecule has 0 aliphatic carbocycles. The molecule has 3 aromatic rings. The predicted octanol–water partition coefficient (Wildman–Crippen LogP) is 4.47. The Hall–Kier alpha value is -2.86. The average molecular weight is 382 g/mol. The van der Waals surface area contributed by atoms with Gasteiger partial charge in [-0.05, 0) is 37.1 Å². The summed E-state index contributed by atoms with van der Waals surface area (Å²) in [4.78, 5) is 14.2. The molecule has 6 nitrogen and oxygen atoms in total. The van der Waals surface area contributed by atoms with Crippen molar-refractivity contribution in [3.8, 4) is 11.3 Å². The van der Waals surface area contributed by atoms with E-state index < -0.39 is 0 Å². The molecule has 27 heavy (non-hydrogen) atoms. The van der Waals surface area contributed by atoms with Gasteiger partial charge in [-0.1, -0.05) is 47.1 Å². The molecule has 1 N–H and O–H groups in total. The monoisotopic (exact) mass is 381 g/mol. The van der Waals surface area contributed by atoms with E-state index in [1.807, 2.05) is 70.4 Å². The molecule has 1 aliphatic heterocycles. The van der Waals surface area contributed by atoms with Gasteiger partial charge in [0.05, 0.1) is 12.2 Å². The van der Waals surface area contributed by atoms with Crippen LogP contribution in [0.4, 0.5) is 10.5 Å². The summed E-state index contributed by atoms with van der Waals surface area (Å²) >= 11 is 6.06. The third-order valence-electron chi connectivity index (χ3n) is 4.78. The van der Waals surface area contributed by atoms with Gasteiger partial charge in [0.15, 0.2) is 0 Å². The molecule has 2 aromatic carbocycles. The second-order valence-corrected chi connectivity index (χ2v) is 7.04. The molecule has 0 saturated carbocycles. The Morgan fingerprint density at radius 3 is 2.59 bits per heavy atom. The number of rotatable bonds is 3. The topological polar surface area (TPSA) is 63.1 Å². The first-order chi connectivity index (χ1) is 13.2. The summed E-state index contributed by atoms with van der Waals surface area (Å²) in [6, 6.07) is 17.3. The highest BCUT2D eigenvalue weighted by Gasteiger charge is 2.24. The van der Waals surface area contributed by atoms with E-state index in [0.29, 0.717) is 18.1 Å². The van der Waals surface area contributed by atoms with Crippen molar-refractivity contribution in [2.45, 2.75) is 18.9 Å². The lowest BCUT2D eigenvalue weighted by Gasteiger charge is -2.31. The summed E-state index contributed by atoms with van der Waals surface area (Å²) in [7, 11) is 0. The molecular formula is C20H20ClN5O. The molecule has 2 heterocycles. The number of carbonyl (C=O) groups is 1. The van der Waals surface area contributed by atoms with Crippen LogP contribution in [0.5, 0.6) is 0 Å². The van der Waals surface area contributed by atoms with E-state index in [-0.39, 0.29) is 12.1 Å². The largest absolute Gasteiger partial charge is 0.324 e. The maximum absolute atomic E-state index is 12.4. The Bertz CT molecular complexity index is 919. The number of aromatic nitrogens is 3. The molecule has 7 heteroatoms. The number of likely N-dealkylation sites (tertiary alicyclic amines) is 1. The summed E-state index contributed by atoms with van der Waals surface area (Å²) in [5, 5.41) is 12.2. The zero-order valence-electron chi connectivity index (χ0n) is 14.8. The first-order valence-corrected chi connectivity index (χ1v) is 9.35. The van der Waals surface area contributed by atoms with Gasteiger partial charge in [-0.25, -0.2) is 9.48 Å². The lowest BCUT2D eigenvalue weighted by molar-refractivity contribution is 0.179. The minimum Gasteiger partial charge on any atom is -0.324 e. The predicted molar refractivity (Wildman–Crippen MR) is 106 cm³/mol. The third-order valence-corrected chi connectivity index (χ3v) is 5.02. The number of hydrogen-bond acceptors (Lipinski definition) is 3. The van der Waals surface area contributed by atoms with E-state index in [9.17, 15) is 4.79 Å². The molecule has 0 unspecified atom stereocenters. The van der Waals surface area contributed by atoms with Crippen LogP contribution in [0, 0.1) is 0 Å². The maximum atomic E-state index is 12.4. The number of benzene rings is 2. The van der Waals surface area contributed by atoms with Crippen LogP contribution in [0.3, 0.4) is 0 Å². The van der Waals surface area contributed by atoms with Crippen LogP contribution < -0.4 is 5.32 Å². The minimum absolute atomic E-state index is 0.0575. The molecule has 4 rings (SSSR count). The quantitative estimate of drug-likeness (QED) is 0.728. The minimum atomic E-state index is -0.0575. The Kier molecular flexibility index (Phi) is 5.07. The number of piperidine rings is 1. The Balaban J connectivity index is 1.36. The number of para-hydroxylation sites is 1. The second-order valence-electron chi connectivity index (χ2n) is 6.61. The number of nitrogens with zero attached hydrogens (tertiary/aromatic N) is 4. The van der Waals surface area contributed by atoms with Gasteiger partial charge < -0.3 is 10.2 Å². The van der Waals surface area contributed by atoms with Crippen molar-refractivity contribution in [2.75, 3.05) is 18.4 Å². The molecule has 2 amide bonds. The number of hydrogen-bond donors (Lipinski definition) is 1. The number of amides is 2. The molecule has 1 saturated heterocycles. The van der Waals surface area contributed by atoms with Crippen LogP contribution in [-0.2, 0) is 0 Å². The van der Waals surface area contributed by atoms with Crippen molar-refractivity contribution in [1.82, 2.24) is 19.9 Å². The maximum Gasteiger partial charge on any atom is 0.321 e. The zero-order valence-corrected chi connectivity index (χ0v) is 15.5. The number of nitrogens with one attached hydrogen (secondary N) is 1. The molecule has 0 spiro atoms. The van der Waals surface area contributed by atoms with Crippen molar-refractivity contribution in [3.63, 3.8) is 0 Å². The van der Waals surface area contributed by atoms with E-state index in [4.69, 9.17) is 11.6 Å². The first-order valence-electron chi connectivity index (χ1n) is 8.98. The highest BCUT2D eigenvalue weighted by atomic mass is 35.5. The van der Waals surface area contributed by atoms with Crippen molar-refractivity contribution in [1.29, 1.82) is 0 Å². The number of carbonyl (C=O) groups excluding carboxylic acids is 1. The fourth-order valence-electron chi connectivity index (χ4n) is 3.29. The average Bonchev–Trinajstić information content (AvgIpc) is 3.19. The van der Waals surface area contributed by atoms with Crippen LogP contribution in [0.25, 0.3) is 11.3 Å². The fraction of sp³-hybridized carbons (Fsp3) is 0.250. The van der Waals surface area contributed by atoms with Gasteiger partial charge in [0.1, 0.15) is 5.69 Å². The van der Waals surface area contributed by atoms with Gasteiger partial charge in [0.25, 0.3) is 0 Å². The number of urea groups is 1. The summed E-state index contributed by atoms with van der Waals surface area (Å²) in [6.07, 6.45) is 3.65. The Morgan fingerprint density at radius 2 is 1.85 bits per heavy atom. The SMILES string of the molecule is O=C(Nc1ccccc1)N1CCC(n2cc(-c3cccc(Cl)c3)nn2)CC1. The molecule has 0 bridgehead atoms. The highest BCUT2D eigenvalue weighted by Crippen LogP contribution is 2.25. The van der Waals surface area contributed by atoms with Crippen molar-refractivity contribution in [2.24, 2.45) is 0 Å². The normalized spacial score (nSPS) is 14.9. The van der Waals surface area contributed by atoms with Gasteiger partial charge in [0.2, 0.25) is 0 Å². The van der Waals surface area contributed by atoms with E-state index >= 15 is 0 Å². The second kappa shape index (κ2) is 7.80. The summed E-state index contributed by atoms with van der Waals surface area (Å²) < 4.78 is 1.91. The van der Waals surface area contributed by atoms with Crippen molar-refractivity contribution < 1.29 is 4.79 Å². The highest BCUT2D eigenvalue weighted by molar-refractivity contribution is 6.30. The molecule has 1 aliphatic rings. The van der Waals surface area contributed by atoms with E-state index in [1.165, 1.54) is 0 Å². The molecule has 0 atom stereocenters. The van der Waals surface area contributed by atoms with Crippen LogP contribution >= 0.6 is 11.6 Å². The van der Waals surface area contributed by atoms with Crippen molar-refractivity contribution >= 4 is 23.3 Å². The van der Waals surface area contributed by atoms with E-state index in [0.717, 1.165) is 29.8 Å². The van der Waals surface area contributed by atoms with Gasteiger partial charge in [0, 0.05) is 29.4 Å². The number of anilines is 1. The van der Waals surface area contributed by atoms with Gasteiger partial charge in [-0.2, -0.15) is 0 Å².